The number of aromatic nitrogens is 2. The number of imidazole rings is 1. The molecule has 4 rings (SSSR count). The average molecular weight is 652 g/mol. The highest BCUT2D eigenvalue weighted by Crippen LogP contribution is 2.40. The van der Waals surface area contributed by atoms with E-state index in [1.807, 2.05) is 51.1 Å². The van der Waals surface area contributed by atoms with Gasteiger partial charge in [0, 0.05) is 55.9 Å². The number of hydrogen-bond acceptors (Lipinski definition) is 6. The van der Waals surface area contributed by atoms with E-state index in [0.29, 0.717) is 12.4 Å². The standard InChI is InChI=1S/C35H40F3N5O4/c1-22(43-31(46)14-15-32(43)47)29(44)12-13-30(45)42(17-16-25(39)19-36)33(35(2,3)4)34-40-28(26-18-24(37)10-11-27(26)38)21-41(34)20-23-8-6-5-7-9-23/h5-11,14-15,18,21-22,25,33H,12-13,16-17,19-20,39H2,1-4H3/t22-,25-,33-/m0/s1. The van der Waals surface area contributed by atoms with Crippen LogP contribution in [0.3, 0.4) is 0 Å². The molecular formula is C35H40F3N5O4. The van der Waals surface area contributed by atoms with Crippen molar-refractivity contribution < 1.29 is 32.3 Å². The molecule has 0 saturated heterocycles. The van der Waals surface area contributed by atoms with Crippen molar-refractivity contribution in [3.8, 4) is 11.3 Å². The number of alkyl halides is 1. The molecule has 1 aromatic heterocycles. The van der Waals surface area contributed by atoms with Gasteiger partial charge >= 0.3 is 0 Å². The molecule has 9 nitrogen and oxygen atoms in total. The average Bonchev–Trinajstić information content (AvgIpc) is 3.59. The van der Waals surface area contributed by atoms with E-state index in [0.717, 1.165) is 40.8 Å². The predicted octanol–water partition coefficient (Wildman–Crippen LogP) is 5.14. The summed E-state index contributed by atoms with van der Waals surface area (Å²) in [5.41, 5.74) is 6.22. The SMILES string of the molecule is C[C@@H](C(=O)CCC(=O)N(CC[C@H](N)CF)[C@@H](c1nc(-c2cc(F)ccc2F)cn1Cc1ccccc1)C(C)(C)C)N1C(=O)C=CC1=O. The van der Waals surface area contributed by atoms with Crippen molar-refractivity contribution in [2.45, 2.75) is 71.6 Å². The van der Waals surface area contributed by atoms with E-state index in [9.17, 15) is 32.3 Å². The van der Waals surface area contributed by atoms with Crippen LogP contribution in [0.25, 0.3) is 11.3 Å². The molecule has 0 aliphatic carbocycles. The van der Waals surface area contributed by atoms with Crippen LogP contribution in [0, 0.1) is 17.0 Å². The van der Waals surface area contributed by atoms with Crippen LogP contribution >= 0.6 is 0 Å². The molecule has 0 unspecified atom stereocenters. The van der Waals surface area contributed by atoms with Gasteiger partial charge in [-0.15, -0.1) is 0 Å². The lowest BCUT2D eigenvalue weighted by Gasteiger charge is -2.40. The Balaban J connectivity index is 1.74. The highest BCUT2D eigenvalue weighted by molar-refractivity contribution is 6.15. The zero-order valence-corrected chi connectivity index (χ0v) is 27.0. The third kappa shape index (κ3) is 8.42. The molecule has 0 saturated carbocycles. The Kier molecular flexibility index (Phi) is 11.2. The summed E-state index contributed by atoms with van der Waals surface area (Å²) in [6, 6.07) is 9.79. The first kappa shape index (κ1) is 35.3. The van der Waals surface area contributed by atoms with Crippen LogP contribution in [0.5, 0.6) is 0 Å². The van der Waals surface area contributed by atoms with Crippen LogP contribution in [0.2, 0.25) is 0 Å². The number of ketones is 1. The highest BCUT2D eigenvalue weighted by atomic mass is 19.1. The number of rotatable bonds is 14. The topological polar surface area (TPSA) is 119 Å². The van der Waals surface area contributed by atoms with Crippen molar-refractivity contribution in [2.24, 2.45) is 11.1 Å². The third-order valence-electron chi connectivity index (χ3n) is 8.13. The number of Topliss-reactive ketones (excluding diaryl/α,β-unsaturated/α-hetero) is 1. The second-order valence-corrected chi connectivity index (χ2v) is 12.8. The molecular weight excluding hydrogens is 611 g/mol. The molecule has 0 fully saturated rings. The van der Waals surface area contributed by atoms with Crippen LogP contribution in [0.1, 0.15) is 64.4 Å². The maximum atomic E-state index is 15.0. The van der Waals surface area contributed by atoms with Gasteiger partial charge in [0.2, 0.25) is 5.91 Å². The van der Waals surface area contributed by atoms with E-state index >= 15 is 0 Å². The number of carbonyl (C=O) groups excluding carboxylic acids is 4. The number of amides is 3. The quantitative estimate of drug-likeness (QED) is 0.241. The Morgan fingerprint density at radius 3 is 2.28 bits per heavy atom. The molecule has 250 valence electrons. The number of benzene rings is 2. The van der Waals surface area contributed by atoms with Crippen molar-refractivity contribution in [2.75, 3.05) is 13.2 Å². The maximum Gasteiger partial charge on any atom is 0.254 e. The first-order valence-corrected chi connectivity index (χ1v) is 15.5. The van der Waals surface area contributed by atoms with Gasteiger partial charge in [0.1, 0.15) is 24.1 Å². The predicted molar refractivity (Wildman–Crippen MR) is 170 cm³/mol. The summed E-state index contributed by atoms with van der Waals surface area (Å²) in [5.74, 6) is -3.08. The number of hydrogen-bond donors (Lipinski definition) is 1. The second-order valence-electron chi connectivity index (χ2n) is 12.8. The Morgan fingerprint density at radius 1 is 1.00 bits per heavy atom. The van der Waals surface area contributed by atoms with Crippen LogP contribution in [0.4, 0.5) is 13.2 Å². The Labute approximate surface area is 272 Å². The van der Waals surface area contributed by atoms with E-state index in [4.69, 9.17) is 10.7 Å². The fourth-order valence-corrected chi connectivity index (χ4v) is 5.67. The highest BCUT2D eigenvalue weighted by Gasteiger charge is 2.39. The lowest BCUT2D eigenvalue weighted by molar-refractivity contribution is -0.144. The zero-order chi connectivity index (χ0) is 34.5. The second kappa shape index (κ2) is 14.9. The summed E-state index contributed by atoms with van der Waals surface area (Å²) < 4.78 is 44.5. The molecule has 47 heavy (non-hydrogen) atoms. The number of nitrogens with zero attached hydrogens (tertiary/aromatic N) is 4. The first-order valence-electron chi connectivity index (χ1n) is 15.5. The van der Waals surface area contributed by atoms with Crippen molar-refractivity contribution >= 4 is 23.5 Å². The maximum absolute atomic E-state index is 15.0. The van der Waals surface area contributed by atoms with E-state index in [2.05, 4.69) is 0 Å². The molecule has 12 heteroatoms. The smallest absolute Gasteiger partial charge is 0.254 e. The van der Waals surface area contributed by atoms with Gasteiger partial charge in [0.15, 0.2) is 5.78 Å². The van der Waals surface area contributed by atoms with E-state index in [-0.39, 0.29) is 37.1 Å². The van der Waals surface area contributed by atoms with Gasteiger partial charge in [-0.05, 0) is 42.5 Å². The van der Waals surface area contributed by atoms with E-state index in [1.165, 1.54) is 11.8 Å². The summed E-state index contributed by atoms with van der Waals surface area (Å²) in [6.45, 7) is 6.60. The lowest BCUT2D eigenvalue weighted by atomic mass is 9.84. The van der Waals surface area contributed by atoms with Crippen LogP contribution in [-0.2, 0) is 25.7 Å². The largest absolute Gasteiger partial charge is 0.332 e. The summed E-state index contributed by atoms with van der Waals surface area (Å²) in [5, 5.41) is 0. The molecule has 0 spiro atoms. The van der Waals surface area contributed by atoms with E-state index in [1.54, 1.807) is 10.8 Å². The van der Waals surface area contributed by atoms with Crippen molar-refractivity contribution in [3.05, 3.63) is 89.9 Å². The number of nitrogens with two attached hydrogens (primary N) is 1. The number of imide groups is 1. The summed E-state index contributed by atoms with van der Waals surface area (Å²) >= 11 is 0. The first-order chi connectivity index (χ1) is 22.2. The Morgan fingerprint density at radius 2 is 1.66 bits per heavy atom. The minimum atomic E-state index is -1.07. The van der Waals surface area contributed by atoms with Crippen molar-refractivity contribution in [3.63, 3.8) is 0 Å². The van der Waals surface area contributed by atoms with Gasteiger partial charge in [-0.1, -0.05) is 51.1 Å². The molecule has 2 aromatic carbocycles. The fourth-order valence-electron chi connectivity index (χ4n) is 5.67. The number of halogens is 3. The van der Waals surface area contributed by atoms with Crippen LogP contribution in [-0.4, -0.2) is 68.2 Å². The zero-order valence-electron chi connectivity index (χ0n) is 27.0. The number of carbonyl (C=O) groups is 4. The fraction of sp³-hybridized carbons (Fsp3) is 0.400. The molecule has 3 amide bonds. The summed E-state index contributed by atoms with van der Waals surface area (Å²) in [4.78, 5) is 58.5. The Hall–Kier alpha value is -4.58. The van der Waals surface area contributed by atoms with Crippen LogP contribution in [0.15, 0.2) is 66.9 Å². The molecule has 3 atom stereocenters. The molecule has 1 aliphatic heterocycles. The molecule has 0 radical (unpaired) electrons. The van der Waals surface area contributed by atoms with Gasteiger partial charge in [-0.25, -0.2) is 18.2 Å². The molecule has 2 N–H and O–H groups in total. The lowest BCUT2D eigenvalue weighted by Crippen LogP contribution is -2.45. The minimum absolute atomic E-state index is 0.0183. The van der Waals surface area contributed by atoms with Gasteiger partial charge in [0.25, 0.3) is 11.8 Å². The van der Waals surface area contributed by atoms with Crippen LogP contribution < -0.4 is 5.73 Å². The van der Waals surface area contributed by atoms with Gasteiger partial charge in [0.05, 0.1) is 17.8 Å². The summed E-state index contributed by atoms with van der Waals surface area (Å²) in [7, 11) is 0. The monoisotopic (exact) mass is 651 g/mol. The van der Waals surface area contributed by atoms with E-state index < -0.39 is 65.4 Å². The van der Waals surface area contributed by atoms with Gasteiger partial charge < -0.3 is 15.2 Å². The third-order valence-corrected chi connectivity index (χ3v) is 8.13. The van der Waals surface area contributed by atoms with Crippen molar-refractivity contribution in [1.82, 2.24) is 19.4 Å². The van der Waals surface area contributed by atoms with Gasteiger partial charge in [-0.2, -0.15) is 0 Å². The minimum Gasteiger partial charge on any atom is -0.332 e. The normalized spacial score (nSPS) is 15.2. The molecule has 3 aromatic rings. The molecule has 1 aliphatic rings. The van der Waals surface area contributed by atoms with Gasteiger partial charge in [-0.3, -0.25) is 24.1 Å². The molecule has 0 bridgehead atoms. The van der Waals surface area contributed by atoms with Crippen molar-refractivity contribution in [1.29, 1.82) is 0 Å². The summed E-state index contributed by atoms with van der Waals surface area (Å²) in [6.07, 6.45) is 3.35. The Bertz CT molecular complexity index is 1630. The molecule has 2 heterocycles.